The number of nitrogens with zero attached hydrogens (tertiary/aromatic N) is 2. The second-order valence-electron chi connectivity index (χ2n) is 6.29. The van der Waals surface area contributed by atoms with Crippen LogP contribution in [-0.4, -0.2) is 26.2 Å². The highest BCUT2D eigenvalue weighted by atomic mass is 15.2. The summed E-state index contributed by atoms with van der Waals surface area (Å²) in [5.41, 5.74) is 2.97. The summed E-state index contributed by atoms with van der Waals surface area (Å²) in [6, 6.07) is 9.10. The van der Waals surface area contributed by atoms with Gasteiger partial charge >= 0.3 is 0 Å². The second-order valence-corrected chi connectivity index (χ2v) is 6.29. The molecule has 0 aliphatic carbocycles. The summed E-state index contributed by atoms with van der Waals surface area (Å²) >= 11 is 0. The molecule has 2 nitrogen and oxygen atoms in total. The highest BCUT2D eigenvalue weighted by Gasteiger charge is 2.17. The van der Waals surface area contributed by atoms with Gasteiger partial charge < -0.3 is 9.80 Å². The van der Waals surface area contributed by atoms with E-state index in [2.05, 4.69) is 34.1 Å². The van der Waals surface area contributed by atoms with Crippen LogP contribution in [0.15, 0.2) is 24.3 Å². The number of para-hydroxylation sites is 2. The van der Waals surface area contributed by atoms with E-state index in [1.54, 1.807) is 0 Å². The smallest absolute Gasteiger partial charge is 0.0604 e. The summed E-state index contributed by atoms with van der Waals surface area (Å²) in [7, 11) is 0. The molecule has 2 aliphatic rings. The minimum absolute atomic E-state index is 1.24. The average Bonchev–Trinajstić information content (AvgIpc) is 2.92. The summed E-state index contributed by atoms with van der Waals surface area (Å²) in [6.07, 6.45) is 11.0. The molecule has 0 amide bonds. The van der Waals surface area contributed by atoms with E-state index >= 15 is 0 Å². The summed E-state index contributed by atoms with van der Waals surface area (Å²) in [5.74, 6) is 0. The molecule has 2 saturated heterocycles. The Hall–Kier alpha value is -1.18. The van der Waals surface area contributed by atoms with Crippen molar-refractivity contribution in [1.82, 2.24) is 0 Å². The van der Waals surface area contributed by atoms with Crippen LogP contribution in [0.4, 0.5) is 11.4 Å². The van der Waals surface area contributed by atoms with Crippen LogP contribution in [0.1, 0.15) is 51.4 Å². The van der Waals surface area contributed by atoms with Gasteiger partial charge in [0.05, 0.1) is 11.4 Å². The number of hydrogen-bond acceptors (Lipinski definition) is 2. The molecule has 2 aliphatic heterocycles. The van der Waals surface area contributed by atoms with Gasteiger partial charge in [-0.25, -0.2) is 0 Å². The van der Waals surface area contributed by atoms with E-state index in [0.29, 0.717) is 0 Å². The number of rotatable bonds is 2. The molecule has 0 N–H and O–H groups in total. The Bertz CT molecular complexity index is 361. The maximum atomic E-state index is 2.63. The first-order valence-electron chi connectivity index (χ1n) is 8.54. The normalized spacial score (nSPS) is 21.4. The van der Waals surface area contributed by atoms with Gasteiger partial charge in [-0.2, -0.15) is 0 Å². The third-order valence-electron chi connectivity index (χ3n) is 4.78. The van der Waals surface area contributed by atoms with Crippen molar-refractivity contribution < 1.29 is 0 Å². The molecular formula is C18H28N2. The van der Waals surface area contributed by atoms with Crippen molar-refractivity contribution in [2.45, 2.75) is 51.4 Å². The van der Waals surface area contributed by atoms with Crippen LogP contribution in [0, 0.1) is 0 Å². The van der Waals surface area contributed by atoms with Gasteiger partial charge in [0.1, 0.15) is 0 Å². The Morgan fingerprint density at radius 2 is 0.850 bits per heavy atom. The largest absolute Gasteiger partial charge is 0.370 e. The topological polar surface area (TPSA) is 6.48 Å². The van der Waals surface area contributed by atoms with Crippen LogP contribution in [0.5, 0.6) is 0 Å². The average molecular weight is 272 g/mol. The number of hydrogen-bond donors (Lipinski definition) is 0. The zero-order chi connectivity index (χ0) is 13.6. The fourth-order valence-electron chi connectivity index (χ4n) is 3.62. The summed E-state index contributed by atoms with van der Waals surface area (Å²) < 4.78 is 0. The molecule has 2 heterocycles. The molecule has 1 aromatic carbocycles. The van der Waals surface area contributed by atoms with Gasteiger partial charge in [0.2, 0.25) is 0 Å². The molecule has 1 aromatic rings. The Labute approximate surface area is 123 Å². The molecule has 0 unspecified atom stereocenters. The van der Waals surface area contributed by atoms with Crippen LogP contribution in [0.25, 0.3) is 0 Å². The van der Waals surface area contributed by atoms with Crippen molar-refractivity contribution in [1.29, 1.82) is 0 Å². The maximum Gasteiger partial charge on any atom is 0.0604 e. The molecular weight excluding hydrogens is 244 g/mol. The molecule has 2 fully saturated rings. The monoisotopic (exact) mass is 272 g/mol. The van der Waals surface area contributed by atoms with E-state index in [-0.39, 0.29) is 0 Å². The van der Waals surface area contributed by atoms with Crippen LogP contribution in [-0.2, 0) is 0 Å². The van der Waals surface area contributed by atoms with E-state index in [0.717, 1.165) is 0 Å². The highest BCUT2D eigenvalue weighted by Crippen LogP contribution is 2.32. The molecule has 3 rings (SSSR count). The second kappa shape index (κ2) is 7.01. The van der Waals surface area contributed by atoms with Crippen LogP contribution >= 0.6 is 0 Å². The predicted octanol–water partition coefficient (Wildman–Crippen LogP) is 4.45. The first kappa shape index (κ1) is 13.8. The molecule has 0 spiro atoms. The molecule has 0 bridgehead atoms. The molecule has 0 saturated carbocycles. The standard InChI is InChI=1S/C18H28N2/c1-2-8-14-19(13-7-1)17-11-5-6-12-18(17)20-15-9-3-4-10-16-20/h5-6,11-12H,1-4,7-10,13-16H2. The van der Waals surface area contributed by atoms with Gasteiger partial charge in [0.15, 0.2) is 0 Å². The van der Waals surface area contributed by atoms with E-state index in [1.807, 2.05) is 0 Å². The van der Waals surface area contributed by atoms with Gasteiger partial charge in [-0.05, 0) is 37.8 Å². The quantitative estimate of drug-likeness (QED) is 0.785. The van der Waals surface area contributed by atoms with E-state index in [4.69, 9.17) is 0 Å². The van der Waals surface area contributed by atoms with Crippen LogP contribution < -0.4 is 9.80 Å². The predicted molar refractivity (Wildman–Crippen MR) is 87.8 cm³/mol. The molecule has 0 aromatic heterocycles. The van der Waals surface area contributed by atoms with Crippen molar-refractivity contribution in [2.75, 3.05) is 36.0 Å². The van der Waals surface area contributed by atoms with Gasteiger partial charge in [-0.1, -0.05) is 37.8 Å². The molecule has 20 heavy (non-hydrogen) atoms. The number of anilines is 2. The first-order valence-corrected chi connectivity index (χ1v) is 8.54. The van der Waals surface area contributed by atoms with Gasteiger partial charge in [-0.3, -0.25) is 0 Å². The van der Waals surface area contributed by atoms with Crippen molar-refractivity contribution in [3.63, 3.8) is 0 Å². The van der Waals surface area contributed by atoms with Crippen LogP contribution in [0.2, 0.25) is 0 Å². The van der Waals surface area contributed by atoms with Crippen molar-refractivity contribution in [3.05, 3.63) is 24.3 Å². The summed E-state index contributed by atoms with van der Waals surface area (Å²) in [5, 5.41) is 0. The highest BCUT2D eigenvalue weighted by molar-refractivity contribution is 5.71. The lowest BCUT2D eigenvalue weighted by molar-refractivity contribution is 0.726. The van der Waals surface area contributed by atoms with E-state index in [9.17, 15) is 0 Å². The third kappa shape index (κ3) is 3.28. The van der Waals surface area contributed by atoms with Crippen molar-refractivity contribution in [3.8, 4) is 0 Å². The van der Waals surface area contributed by atoms with Crippen LogP contribution in [0.3, 0.4) is 0 Å². The lowest BCUT2D eigenvalue weighted by Crippen LogP contribution is -2.29. The minimum atomic E-state index is 1.24. The Balaban J connectivity index is 1.82. The maximum absolute atomic E-state index is 2.63. The minimum Gasteiger partial charge on any atom is -0.370 e. The zero-order valence-corrected chi connectivity index (χ0v) is 12.7. The van der Waals surface area contributed by atoms with Gasteiger partial charge in [-0.15, -0.1) is 0 Å². The molecule has 0 atom stereocenters. The molecule has 0 radical (unpaired) electrons. The van der Waals surface area contributed by atoms with E-state index in [1.165, 1.54) is 88.9 Å². The zero-order valence-electron chi connectivity index (χ0n) is 12.7. The lowest BCUT2D eigenvalue weighted by Gasteiger charge is -2.31. The Morgan fingerprint density at radius 3 is 1.20 bits per heavy atom. The lowest BCUT2D eigenvalue weighted by atomic mass is 10.2. The van der Waals surface area contributed by atoms with Gasteiger partial charge in [0, 0.05) is 26.2 Å². The van der Waals surface area contributed by atoms with Crippen molar-refractivity contribution >= 4 is 11.4 Å². The molecule has 2 heteroatoms. The summed E-state index contributed by atoms with van der Waals surface area (Å²) in [6.45, 7) is 4.96. The number of benzene rings is 1. The Morgan fingerprint density at radius 1 is 0.500 bits per heavy atom. The fourth-order valence-corrected chi connectivity index (χ4v) is 3.62. The molecule has 110 valence electrons. The first-order chi connectivity index (χ1) is 9.95. The van der Waals surface area contributed by atoms with Gasteiger partial charge in [0.25, 0.3) is 0 Å². The SMILES string of the molecule is c1ccc(N2CCCCCC2)c(N2CCCCCC2)c1. The summed E-state index contributed by atoms with van der Waals surface area (Å²) in [4.78, 5) is 5.26. The van der Waals surface area contributed by atoms with Crippen molar-refractivity contribution in [2.24, 2.45) is 0 Å². The Kier molecular flexibility index (Phi) is 4.83. The van der Waals surface area contributed by atoms with E-state index < -0.39 is 0 Å². The third-order valence-corrected chi connectivity index (χ3v) is 4.78. The fraction of sp³-hybridized carbons (Fsp3) is 0.667.